The minimum Gasteiger partial charge on any atom is -0.508 e. The largest absolute Gasteiger partial charge is 0.508 e. The van der Waals surface area contributed by atoms with Gasteiger partial charge in [-0.3, -0.25) is 0 Å². The third-order valence-corrected chi connectivity index (χ3v) is 4.76. The van der Waals surface area contributed by atoms with E-state index < -0.39 is 5.82 Å². The molecule has 0 saturated carbocycles. The van der Waals surface area contributed by atoms with Crippen LogP contribution in [0.15, 0.2) is 30.5 Å². The quantitative estimate of drug-likeness (QED) is 0.497. The minimum absolute atomic E-state index is 0.0221. The van der Waals surface area contributed by atoms with E-state index in [-0.39, 0.29) is 23.3 Å². The highest BCUT2D eigenvalue weighted by molar-refractivity contribution is 5.67. The molecule has 3 aromatic rings. The van der Waals surface area contributed by atoms with Crippen LogP contribution in [0.2, 0.25) is 0 Å². The molecule has 27 heavy (non-hydrogen) atoms. The van der Waals surface area contributed by atoms with Gasteiger partial charge in [-0.1, -0.05) is 0 Å². The molecule has 0 unspecified atom stereocenters. The molecule has 2 aromatic carbocycles. The third kappa shape index (κ3) is 3.62. The lowest BCUT2D eigenvalue weighted by Gasteiger charge is -2.14. The van der Waals surface area contributed by atoms with E-state index in [2.05, 4.69) is 20.6 Å². The first-order valence-corrected chi connectivity index (χ1v) is 8.43. The molecule has 0 aliphatic carbocycles. The first-order chi connectivity index (χ1) is 12.8. The van der Waals surface area contributed by atoms with Gasteiger partial charge in [0.1, 0.15) is 11.5 Å². The van der Waals surface area contributed by atoms with Crippen molar-refractivity contribution in [1.29, 1.82) is 0 Å². The maximum Gasteiger partial charge on any atom is 0.229 e. The van der Waals surface area contributed by atoms with Crippen LogP contribution in [-0.4, -0.2) is 20.2 Å². The van der Waals surface area contributed by atoms with Crippen molar-refractivity contribution in [2.24, 2.45) is 0 Å². The van der Waals surface area contributed by atoms with E-state index in [9.17, 15) is 14.6 Å². The Kier molecular flexibility index (Phi) is 4.85. The number of anilines is 4. The Morgan fingerprint density at radius 3 is 1.85 bits per heavy atom. The summed E-state index contributed by atoms with van der Waals surface area (Å²) >= 11 is 0. The molecule has 0 bridgehead atoms. The van der Waals surface area contributed by atoms with Gasteiger partial charge in [0.25, 0.3) is 0 Å². The van der Waals surface area contributed by atoms with Crippen molar-refractivity contribution in [3.8, 4) is 11.5 Å². The summed E-state index contributed by atoms with van der Waals surface area (Å²) in [6, 6.07) is 6.51. The lowest BCUT2D eigenvalue weighted by molar-refractivity contribution is 0.470. The summed E-state index contributed by atoms with van der Waals surface area (Å²) in [5.74, 6) is 0.0405. The molecular weight excluding hydrogens is 347 g/mol. The summed E-state index contributed by atoms with van der Waals surface area (Å²) in [6.07, 6.45) is 1.09. The molecule has 0 atom stereocenters. The number of nitrogens with zero attached hydrogens (tertiary/aromatic N) is 2. The summed E-state index contributed by atoms with van der Waals surface area (Å²) in [7, 11) is 0. The number of benzene rings is 2. The zero-order chi connectivity index (χ0) is 19.7. The van der Waals surface area contributed by atoms with Crippen molar-refractivity contribution in [3.63, 3.8) is 0 Å². The maximum absolute atomic E-state index is 14.2. The van der Waals surface area contributed by atoms with E-state index >= 15 is 0 Å². The number of halogens is 1. The van der Waals surface area contributed by atoms with Crippen LogP contribution in [0.1, 0.15) is 22.3 Å². The Labute approximate surface area is 156 Å². The Bertz CT molecular complexity index is 1020. The topological polar surface area (TPSA) is 90.3 Å². The van der Waals surface area contributed by atoms with Crippen LogP contribution in [0.4, 0.5) is 27.5 Å². The molecule has 6 nitrogen and oxygen atoms in total. The highest BCUT2D eigenvalue weighted by Gasteiger charge is 2.12. The van der Waals surface area contributed by atoms with Gasteiger partial charge < -0.3 is 20.8 Å². The summed E-state index contributed by atoms with van der Waals surface area (Å²) < 4.78 is 14.2. The molecule has 0 fully saturated rings. The summed E-state index contributed by atoms with van der Waals surface area (Å²) in [4.78, 5) is 8.20. The number of phenols is 2. The van der Waals surface area contributed by atoms with E-state index in [0.29, 0.717) is 11.3 Å². The van der Waals surface area contributed by atoms with Crippen LogP contribution < -0.4 is 10.6 Å². The van der Waals surface area contributed by atoms with Crippen LogP contribution in [0.25, 0.3) is 0 Å². The third-order valence-electron chi connectivity index (χ3n) is 4.76. The van der Waals surface area contributed by atoms with Gasteiger partial charge in [0.15, 0.2) is 11.6 Å². The van der Waals surface area contributed by atoms with Crippen LogP contribution in [0, 0.1) is 33.5 Å². The average Bonchev–Trinajstić information content (AvgIpc) is 2.65. The fourth-order valence-corrected chi connectivity index (χ4v) is 2.65. The molecule has 140 valence electrons. The lowest BCUT2D eigenvalue weighted by Crippen LogP contribution is -2.05. The molecule has 1 heterocycles. The molecule has 4 N–H and O–H groups in total. The molecule has 0 saturated heterocycles. The fourth-order valence-electron chi connectivity index (χ4n) is 2.65. The predicted molar refractivity (Wildman–Crippen MR) is 104 cm³/mol. The first-order valence-electron chi connectivity index (χ1n) is 8.43. The van der Waals surface area contributed by atoms with Crippen LogP contribution in [0.3, 0.4) is 0 Å². The summed E-state index contributed by atoms with van der Waals surface area (Å²) in [6.45, 7) is 7.29. The van der Waals surface area contributed by atoms with Crippen LogP contribution in [-0.2, 0) is 0 Å². The van der Waals surface area contributed by atoms with Gasteiger partial charge in [-0.15, -0.1) is 0 Å². The number of hydrogen-bond acceptors (Lipinski definition) is 6. The van der Waals surface area contributed by atoms with Gasteiger partial charge in [-0.25, -0.2) is 9.37 Å². The van der Waals surface area contributed by atoms with Gasteiger partial charge in [0.05, 0.1) is 6.20 Å². The lowest BCUT2D eigenvalue weighted by atomic mass is 10.1. The zero-order valence-corrected chi connectivity index (χ0v) is 15.6. The Hall–Kier alpha value is -3.35. The summed E-state index contributed by atoms with van der Waals surface area (Å²) in [5.41, 5.74) is 4.47. The monoisotopic (exact) mass is 368 g/mol. The number of aromatic nitrogens is 2. The number of aromatic hydroxyl groups is 2. The number of rotatable bonds is 4. The Morgan fingerprint density at radius 1 is 0.778 bits per heavy atom. The second-order valence-corrected chi connectivity index (χ2v) is 6.40. The predicted octanol–water partition coefficient (Wildman–Crippen LogP) is 4.75. The molecule has 0 radical (unpaired) electrons. The number of phenolic OH excluding ortho intramolecular Hbond substituents is 2. The van der Waals surface area contributed by atoms with E-state index in [1.165, 1.54) is 0 Å². The minimum atomic E-state index is -0.593. The van der Waals surface area contributed by atoms with Crippen molar-refractivity contribution in [3.05, 3.63) is 58.5 Å². The van der Waals surface area contributed by atoms with Crippen molar-refractivity contribution >= 4 is 23.1 Å². The first kappa shape index (κ1) is 18.4. The van der Waals surface area contributed by atoms with Gasteiger partial charge in [0.2, 0.25) is 5.95 Å². The van der Waals surface area contributed by atoms with E-state index in [4.69, 9.17) is 0 Å². The smallest absolute Gasteiger partial charge is 0.229 e. The van der Waals surface area contributed by atoms with Crippen molar-refractivity contribution in [2.45, 2.75) is 27.7 Å². The molecule has 3 rings (SSSR count). The molecular formula is C20H21FN4O2. The van der Waals surface area contributed by atoms with Gasteiger partial charge in [-0.2, -0.15) is 4.98 Å². The normalized spacial score (nSPS) is 10.7. The van der Waals surface area contributed by atoms with Gasteiger partial charge in [0, 0.05) is 11.4 Å². The molecule has 7 heteroatoms. The van der Waals surface area contributed by atoms with E-state index in [0.717, 1.165) is 28.6 Å². The van der Waals surface area contributed by atoms with Crippen molar-refractivity contribution in [1.82, 2.24) is 9.97 Å². The highest BCUT2D eigenvalue weighted by atomic mass is 19.1. The second kappa shape index (κ2) is 7.11. The summed E-state index contributed by atoms with van der Waals surface area (Å²) in [5, 5.41) is 25.5. The van der Waals surface area contributed by atoms with E-state index in [1.54, 1.807) is 31.2 Å². The zero-order valence-electron chi connectivity index (χ0n) is 15.6. The second-order valence-electron chi connectivity index (χ2n) is 6.40. The highest BCUT2D eigenvalue weighted by Crippen LogP contribution is 2.30. The Balaban J connectivity index is 1.91. The van der Waals surface area contributed by atoms with Crippen molar-refractivity contribution < 1.29 is 14.6 Å². The number of nitrogens with one attached hydrogen (secondary N) is 2. The average molecular weight is 368 g/mol. The maximum atomic E-state index is 14.2. The Morgan fingerprint density at radius 2 is 1.30 bits per heavy atom. The SMILES string of the molecule is Cc1c(O)ccc(Nc2ncc(F)c(Nc3ccc(O)c(C)c3C)n2)c1C. The standard InChI is InChI=1S/C20H21FN4O2/c1-10-12(3)17(26)7-5-15(10)23-19-14(21)9-22-20(25-19)24-16-6-8-18(27)13(4)11(16)2/h5-9,26-27H,1-4H3,(H2,22,23,24,25). The van der Waals surface area contributed by atoms with Crippen LogP contribution in [0.5, 0.6) is 11.5 Å². The molecule has 0 aliphatic heterocycles. The van der Waals surface area contributed by atoms with E-state index in [1.807, 2.05) is 20.8 Å². The number of hydrogen-bond donors (Lipinski definition) is 4. The molecule has 0 amide bonds. The van der Waals surface area contributed by atoms with Crippen molar-refractivity contribution in [2.75, 3.05) is 10.6 Å². The molecule has 0 spiro atoms. The van der Waals surface area contributed by atoms with Gasteiger partial charge >= 0.3 is 0 Å². The van der Waals surface area contributed by atoms with Crippen LogP contribution >= 0.6 is 0 Å². The fraction of sp³-hybridized carbons (Fsp3) is 0.200. The molecule has 0 aliphatic rings. The molecule has 1 aromatic heterocycles. The van der Waals surface area contributed by atoms with Gasteiger partial charge in [-0.05, 0) is 74.2 Å².